The fourth-order valence-electron chi connectivity index (χ4n) is 1.85. The number of alkyl carbamates (subject to hydrolysis) is 1. The van der Waals surface area contributed by atoms with E-state index in [2.05, 4.69) is 10.6 Å². The van der Waals surface area contributed by atoms with Crippen molar-refractivity contribution in [3.8, 4) is 5.75 Å². The van der Waals surface area contributed by atoms with Crippen LogP contribution >= 0.6 is 0 Å². The molecule has 1 aromatic carbocycles. The molecule has 3 N–H and O–H groups in total. The zero-order chi connectivity index (χ0) is 16.8. The fourth-order valence-corrected chi connectivity index (χ4v) is 1.85. The number of phenols is 1. The number of ether oxygens (including phenoxy) is 1. The first-order valence-electron chi connectivity index (χ1n) is 7.39. The zero-order valence-electron chi connectivity index (χ0n) is 13.6. The molecule has 6 heteroatoms. The number of phenolic OH excluding ortho intramolecular Hbond substituents is 1. The number of aromatic hydroxyl groups is 1. The lowest BCUT2D eigenvalue weighted by Crippen LogP contribution is -2.43. The van der Waals surface area contributed by atoms with Crippen LogP contribution < -0.4 is 10.6 Å². The predicted octanol–water partition coefficient (Wildman–Crippen LogP) is 2.92. The summed E-state index contributed by atoms with van der Waals surface area (Å²) in [5.41, 5.74) is -0.0597. The molecule has 0 heterocycles. The second-order valence-electron chi connectivity index (χ2n) is 6.16. The van der Waals surface area contributed by atoms with E-state index in [0.29, 0.717) is 18.7 Å². The van der Waals surface area contributed by atoms with Crippen LogP contribution in [0.4, 0.5) is 9.18 Å². The van der Waals surface area contributed by atoms with Gasteiger partial charge in [-0.1, -0.05) is 6.92 Å². The summed E-state index contributed by atoms with van der Waals surface area (Å²) in [4.78, 5) is 11.7. The van der Waals surface area contributed by atoms with Crippen molar-refractivity contribution < 1.29 is 19.0 Å². The lowest BCUT2D eigenvalue weighted by Gasteiger charge is -2.23. The maximum absolute atomic E-state index is 13.1. The summed E-state index contributed by atoms with van der Waals surface area (Å²) in [6.07, 6.45) is 0.260. The van der Waals surface area contributed by atoms with E-state index in [0.717, 1.165) is 6.42 Å². The van der Waals surface area contributed by atoms with E-state index in [1.54, 1.807) is 20.8 Å². The highest BCUT2D eigenvalue weighted by atomic mass is 19.1. The monoisotopic (exact) mass is 312 g/mol. The summed E-state index contributed by atoms with van der Waals surface area (Å²) >= 11 is 0. The van der Waals surface area contributed by atoms with Crippen LogP contribution in [0.3, 0.4) is 0 Å². The van der Waals surface area contributed by atoms with Crippen LogP contribution in [0.5, 0.6) is 5.75 Å². The number of nitrogens with one attached hydrogen (secondary N) is 2. The number of amides is 1. The van der Waals surface area contributed by atoms with E-state index in [-0.39, 0.29) is 11.8 Å². The van der Waals surface area contributed by atoms with E-state index in [4.69, 9.17) is 4.74 Å². The molecule has 124 valence electrons. The highest BCUT2D eigenvalue weighted by Gasteiger charge is 2.18. The summed E-state index contributed by atoms with van der Waals surface area (Å²) in [6, 6.07) is 3.70. The molecule has 0 spiro atoms. The number of hydrogen-bond donors (Lipinski definition) is 3. The summed E-state index contributed by atoms with van der Waals surface area (Å²) in [7, 11) is 0. The third-order valence-corrected chi connectivity index (χ3v) is 2.96. The van der Waals surface area contributed by atoms with Crippen molar-refractivity contribution >= 4 is 6.09 Å². The van der Waals surface area contributed by atoms with Crippen LogP contribution in [0.2, 0.25) is 0 Å². The molecule has 0 aliphatic rings. The van der Waals surface area contributed by atoms with Gasteiger partial charge >= 0.3 is 6.09 Å². The van der Waals surface area contributed by atoms with Crippen molar-refractivity contribution in [2.75, 3.05) is 6.54 Å². The number of hydrogen-bond acceptors (Lipinski definition) is 4. The van der Waals surface area contributed by atoms with E-state index in [1.165, 1.54) is 18.2 Å². The fraction of sp³-hybridized carbons (Fsp3) is 0.562. The van der Waals surface area contributed by atoms with Gasteiger partial charge < -0.3 is 20.5 Å². The smallest absolute Gasteiger partial charge is 0.407 e. The topological polar surface area (TPSA) is 70.6 Å². The first kappa shape index (κ1) is 18.2. The van der Waals surface area contributed by atoms with Gasteiger partial charge in [0.25, 0.3) is 0 Å². The van der Waals surface area contributed by atoms with Gasteiger partial charge in [-0.2, -0.15) is 0 Å². The first-order valence-corrected chi connectivity index (χ1v) is 7.39. The number of rotatable bonds is 6. The highest BCUT2D eigenvalue weighted by Crippen LogP contribution is 2.17. The van der Waals surface area contributed by atoms with E-state index < -0.39 is 17.5 Å². The van der Waals surface area contributed by atoms with E-state index in [9.17, 15) is 14.3 Å². The van der Waals surface area contributed by atoms with Crippen molar-refractivity contribution in [2.24, 2.45) is 0 Å². The summed E-state index contributed by atoms with van der Waals surface area (Å²) in [5.74, 6) is -0.351. The molecule has 1 amide bonds. The molecule has 1 aromatic rings. The highest BCUT2D eigenvalue weighted by molar-refractivity contribution is 5.68. The number of halogens is 1. The molecule has 5 nitrogen and oxygen atoms in total. The second-order valence-corrected chi connectivity index (χ2v) is 6.16. The molecular formula is C16H25FN2O3. The second kappa shape index (κ2) is 7.98. The van der Waals surface area contributed by atoms with Gasteiger partial charge in [0.15, 0.2) is 0 Å². The average Bonchev–Trinajstić information content (AvgIpc) is 2.39. The molecule has 0 fully saturated rings. The van der Waals surface area contributed by atoms with Crippen LogP contribution in [0.25, 0.3) is 0 Å². The Morgan fingerprint density at radius 1 is 1.41 bits per heavy atom. The standard InChI is InChI=1S/C16H25FN2O3/c1-5-13(19-15(21)22-16(2,3)4)10-18-9-11-8-12(17)6-7-14(11)20/h6-8,13,18,20H,5,9-10H2,1-4H3,(H,19,21). The van der Waals surface area contributed by atoms with Crippen molar-refractivity contribution in [2.45, 2.75) is 52.3 Å². The molecule has 22 heavy (non-hydrogen) atoms. The van der Waals surface area contributed by atoms with Gasteiger partial charge in [-0.25, -0.2) is 9.18 Å². The summed E-state index contributed by atoms with van der Waals surface area (Å²) < 4.78 is 18.3. The Morgan fingerprint density at radius 2 is 2.09 bits per heavy atom. The Labute approximate surface area is 130 Å². The summed E-state index contributed by atoms with van der Waals surface area (Å²) in [6.45, 7) is 8.17. The number of carbonyl (C=O) groups excluding carboxylic acids is 1. The van der Waals surface area contributed by atoms with Crippen LogP contribution in [0, 0.1) is 5.82 Å². The zero-order valence-corrected chi connectivity index (χ0v) is 13.6. The molecule has 0 aliphatic carbocycles. The van der Waals surface area contributed by atoms with Crippen molar-refractivity contribution in [3.63, 3.8) is 0 Å². The van der Waals surface area contributed by atoms with Crippen molar-refractivity contribution in [1.82, 2.24) is 10.6 Å². The van der Waals surface area contributed by atoms with Crippen molar-refractivity contribution in [1.29, 1.82) is 0 Å². The minimum absolute atomic E-state index is 0.0436. The van der Waals surface area contributed by atoms with Gasteiger partial charge in [0.1, 0.15) is 17.2 Å². The molecular weight excluding hydrogens is 287 g/mol. The lowest BCUT2D eigenvalue weighted by atomic mass is 10.1. The molecule has 0 saturated heterocycles. The van der Waals surface area contributed by atoms with Gasteiger partial charge in [0, 0.05) is 24.7 Å². The minimum atomic E-state index is -0.539. The average molecular weight is 312 g/mol. The quantitative estimate of drug-likeness (QED) is 0.755. The predicted molar refractivity (Wildman–Crippen MR) is 83.2 cm³/mol. The van der Waals surface area contributed by atoms with Crippen LogP contribution in [0.15, 0.2) is 18.2 Å². The largest absolute Gasteiger partial charge is 0.508 e. The third kappa shape index (κ3) is 6.76. The molecule has 0 aliphatic heterocycles. The first-order chi connectivity index (χ1) is 10.2. The van der Waals surface area contributed by atoms with E-state index in [1.807, 2.05) is 6.92 Å². The molecule has 1 unspecified atom stereocenters. The lowest BCUT2D eigenvalue weighted by molar-refractivity contribution is 0.0502. The Bertz CT molecular complexity index is 501. The number of carbonyl (C=O) groups is 1. The third-order valence-electron chi connectivity index (χ3n) is 2.96. The SMILES string of the molecule is CCC(CNCc1cc(F)ccc1O)NC(=O)OC(C)(C)C. The Kier molecular flexibility index (Phi) is 6.61. The Hall–Kier alpha value is -1.82. The molecule has 0 bridgehead atoms. The molecule has 1 atom stereocenters. The van der Waals surface area contributed by atoms with Crippen LogP contribution in [-0.2, 0) is 11.3 Å². The normalized spacial score (nSPS) is 12.8. The maximum Gasteiger partial charge on any atom is 0.407 e. The van der Waals surface area contributed by atoms with Crippen LogP contribution in [0.1, 0.15) is 39.7 Å². The maximum atomic E-state index is 13.1. The van der Waals surface area contributed by atoms with Crippen LogP contribution in [-0.4, -0.2) is 29.4 Å². The molecule has 0 aromatic heterocycles. The Morgan fingerprint density at radius 3 is 2.68 bits per heavy atom. The Balaban J connectivity index is 2.44. The number of benzene rings is 1. The molecule has 0 saturated carbocycles. The van der Waals surface area contributed by atoms with Crippen molar-refractivity contribution in [3.05, 3.63) is 29.6 Å². The minimum Gasteiger partial charge on any atom is -0.508 e. The van der Waals surface area contributed by atoms with Gasteiger partial charge in [-0.05, 0) is 45.4 Å². The van der Waals surface area contributed by atoms with Gasteiger partial charge in [-0.15, -0.1) is 0 Å². The van der Waals surface area contributed by atoms with Gasteiger partial charge in [0.2, 0.25) is 0 Å². The van der Waals surface area contributed by atoms with E-state index >= 15 is 0 Å². The van der Waals surface area contributed by atoms with Gasteiger partial charge in [0.05, 0.1) is 0 Å². The van der Waals surface area contributed by atoms with Gasteiger partial charge in [-0.3, -0.25) is 0 Å². The summed E-state index contributed by atoms with van der Waals surface area (Å²) in [5, 5.41) is 15.5. The molecule has 0 radical (unpaired) electrons. The molecule has 1 rings (SSSR count).